The highest BCUT2D eigenvalue weighted by molar-refractivity contribution is 7.12. The zero-order chi connectivity index (χ0) is 15.2. The zero-order valence-electron chi connectivity index (χ0n) is 11.0. The summed E-state index contributed by atoms with van der Waals surface area (Å²) in [6, 6.07) is 6.48. The van der Waals surface area contributed by atoms with E-state index in [-0.39, 0.29) is 5.75 Å². The van der Waals surface area contributed by atoms with Crippen LogP contribution in [0.1, 0.15) is 11.8 Å². The summed E-state index contributed by atoms with van der Waals surface area (Å²) in [6.07, 6.45) is 0. The van der Waals surface area contributed by atoms with Gasteiger partial charge in [0.1, 0.15) is 5.82 Å². The minimum Gasteiger partial charge on any atom is -0.479 e. The van der Waals surface area contributed by atoms with Crippen LogP contribution in [0.5, 0.6) is 5.75 Å². The van der Waals surface area contributed by atoms with E-state index in [4.69, 9.17) is 4.74 Å². The van der Waals surface area contributed by atoms with E-state index in [9.17, 15) is 13.6 Å². The van der Waals surface area contributed by atoms with Crippen molar-refractivity contribution in [1.82, 2.24) is 0 Å². The molecule has 0 aliphatic carbocycles. The molecule has 0 saturated heterocycles. The van der Waals surface area contributed by atoms with Gasteiger partial charge in [0.2, 0.25) is 0 Å². The van der Waals surface area contributed by atoms with Crippen molar-refractivity contribution in [3.8, 4) is 5.75 Å². The van der Waals surface area contributed by atoms with Crippen LogP contribution >= 0.6 is 11.3 Å². The van der Waals surface area contributed by atoms with Crippen molar-refractivity contribution in [3.63, 3.8) is 0 Å². The average molecular weight is 311 g/mol. The van der Waals surface area contributed by atoms with Gasteiger partial charge in [-0.15, -0.1) is 11.3 Å². The van der Waals surface area contributed by atoms with Gasteiger partial charge >= 0.3 is 5.97 Å². The maximum absolute atomic E-state index is 13.3. The number of nitrogens with zero attached hydrogens (tertiary/aromatic N) is 1. The molecular formula is C14H11F2NO3S. The molecule has 110 valence electrons. The molecule has 0 aliphatic rings. The highest BCUT2D eigenvalue weighted by atomic mass is 32.1. The van der Waals surface area contributed by atoms with Crippen LogP contribution in [-0.4, -0.2) is 18.3 Å². The summed E-state index contributed by atoms with van der Waals surface area (Å²) < 4.78 is 30.8. The number of halogens is 2. The van der Waals surface area contributed by atoms with Crippen molar-refractivity contribution >= 4 is 23.0 Å². The lowest BCUT2D eigenvalue weighted by Gasteiger charge is -2.05. The Balaban J connectivity index is 1.86. The minimum atomic E-state index is -0.888. The zero-order valence-corrected chi connectivity index (χ0v) is 11.8. The van der Waals surface area contributed by atoms with Crippen LogP contribution in [0.2, 0.25) is 0 Å². The molecule has 7 heteroatoms. The van der Waals surface area contributed by atoms with Crippen molar-refractivity contribution < 1.29 is 23.1 Å². The van der Waals surface area contributed by atoms with Gasteiger partial charge in [0.05, 0.1) is 10.6 Å². The lowest BCUT2D eigenvalue weighted by molar-refractivity contribution is -0.146. The van der Waals surface area contributed by atoms with Crippen LogP contribution in [0.4, 0.5) is 8.78 Å². The Morgan fingerprint density at radius 1 is 1.33 bits per heavy atom. The fourth-order valence-corrected chi connectivity index (χ4v) is 2.07. The molecule has 0 N–H and O–H groups in total. The summed E-state index contributed by atoms with van der Waals surface area (Å²) in [5.74, 6) is -2.62. The molecule has 2 rings (SSSR count). The Morgan fingerprint density at radius 2 is 2.14 bits per heavy atom. The molecule has 0 aliphatic heterocycles. The monoisotopic (exact) mass is 311 g/mol. The Kier molecular flexibility index (Phi) is 4.99. The first kappa shape index (κ1) is 15.1. The fraction of sp³-hybridized carbons (Fsp3) is 0.143. The number of hydrogen-bond acceptors (Lipinski definition) is 5. The van der Waals surface area contributed by atoms with Crippen molar-refractivity contribution in [2.24, 2.45) is 5.16 Å². The standard InChI is InChI=1S/C14H11F2NO3S/c1-9(13-3-2-6-21-13)17-20-14(18)8-19-12-5-4-10(15)7-11(12)16/h2-7H,8H2,1H3/b17-9+. The summed E-state index contributed by atoms with van der Waals surface area (Å²) in [4.78, 5) is 16.9. The van der Waals surface area contributed by atoms with E-state index in [2.05, 4.69) is 9.99 Å². The Hall–Kier alpha value is -2.28. The maximum atomic E-state index is 13.3. The van der Waals surface area contributed by atoms with Gasteiger partial charge in [-0.25, -0.2) is 13.6 Å². The lowest BCUT2D eigenvalue weighted by atomic mass is 10.3. The number of ether oxygens (including phenoxy) is 1. The van der Waals surface area contributed by atoms with E-state index in [0.717, 1.165) is 17.0 Å². The third-order valence-electron chi connectivity index (χ3n) is 2.40. The van der Waals surface area contributed by atoms with Gasteiger partial charge in [-0.3, -0.25) is 0 Å². The van der Waals surface area contributed by atoms with E-state index in [1.54, 1.807) is 6.92 Å². The molecule has 0 bridgehead atoms. The predicted octanol–water partition coefficient (Wildman–Crippen LogP) is 3.37. The predicted molar refractivity (Wildman–Crippen MR) is 74.5 cm³/mol. The third-order valence-corrected chi connectivity index (χ3v) is 3.38. The van der Waals surface area contributed by atoms with Gasteiger partial charge < -0.3 is 9.57 Å². The molecule has 0 spiro atoms. The number of carbonyl (C=O) groups is 1. The van der Waals surface area contributed by atoms with Gasteiger partial charge in [-0.1, -0.05) is 11.2 Å². The van der Waals surface area contributed by atoms with Crippen molar-refractivity contribution in [3.05, 3.63) is 52.2 Å². The second-order valence-corrected chi connectivity index (χ2v) is 4.93. The van der Waals surface area contributed by atoms with E-state index >= 15 is 0 Å². The van der Waals surface area contributed by atoms with Crippen LogP contribution in [0.3, 0.4) is 0 Å². The van der Waals surface area contributed by atoms with E-state index in [1.807, 2.05) is 17.5 Å². The number of carbonyl (C=O) groups excluding carboxylic acids is 1. The molecule has 1 heterocycles. The fourth-order valence-electron chi connectivity index (χ4n) is 1.40. The van der Waals surface area contributed by atoms with Gasteiger partial charge in [-0.2, -0.15) is 0 Å². The Bertz CT molecular complexity index is 656. The Morgan fingerprint density at radius 3 is 2.81 bits per heavy atom. The van der Waals surface area contributed by atoms with Crippen LogP contribution in [0.25, 0.3) is 0 Å². The number of benzene rings is 1. The van der Waals surface area contributed by atoms with Crippen LogP contribution in [-0.2, 0) is 9.63 Å². The molecule has 0 unspecified atom stereocenters. The quantitative estimate of drug-likeness (QED) is 0.483. The molecule has 0 radical (unpaired) electrons. The number of oxime groups is 1. The normalized spacial score (nSPS) is 11.3. The molecule has 0 fully saturated rings. The van der Waals surface area contributed by atoms with Gasteiger partial charge in [0.15, 0.2) is 18.2 Å². The maximum Gasteiger partial charge on any atom is 0.372 e. The molecule has 1 aromatic heterocycles. The van der Waals surface area contributed by atoms with Crippen LogP contribution in [0, 0.1) is 11.6 Å². The molecule has 2 aromatic rings. The highest BCUT2D eigenvalue weighted by Crippen LogP contribution is 2.17. The number of thiophene rings is 1. The molecule has 0 saturated carbocycles. The molecule has 21 heavy (non-hydrogen) atoms. The largest absolute Gasteiger partial charge is 0.479 e. The highest BCUT2D eigenvalue weighted by Gasteiger charge is 2.09. The van der Waals surface area contributed by atoms with Crippen LogP contribution in [0.15, 0.2) is 40.9 Å². The van der Waals surface area contributed by atoms with E-state index < -0.39 is 24.2 Å². The first-order valence-electron chi connectivity index (χ1n) is 5.92. The summed E-state index contributed by atoms with van der Waals surface area (Å²) in [5, 5.41) is 5.53. The topological polar surface area (TPSA) is 47.9 Å². The smallest absolute Gasteiger partial charge is 0.372 e. The summed E-state index contributed by atoms with van der Waals surface area (Å²) in [7, 11) is 0. The van der Waals surface area contributed by atoms with E-state index in [0.29, 0.717) is 11.8 Å². The van der Waals surface area contributed by atoms with Crippen molar-refractivity contribution in [1.29, 1.82) is 0 Å². The average Bonchev–Trinajstić information content (AvgIpc) is 2.98. The second-order valence-electron chi connectivity index (χ2n) is 3.98. The van der Waals surface area contributed by atoms with Crippen molar-refractivity contribution in [2.45, 2.75) is 6.92 Å². The molecule has 4 nitrogen and oxygen atoms in total. The SMILES string of the molecule is C/C(=N\OC(=O)COc1ccc(F)cc1F)c1cccs1. The number of rotatable bonds is 5. The summed E-state index contributed by atoms with van der Waals surface area (Å²) in [5.41, 5.74) is 0.548. The first-order chi connectivity index (χ1) is 10.1. The summed E-state index contributed by atoms with van der Waals surface area (Å²) in [6.45, 7) is 1.17. The second kappa shape index (κ2) is 6.94. The minimum absolute atomic E-state index is 0.229. The molecular weight excluding hydrogens is 300 g/mol. The molecule has 0 amide bonds. The lowest BCUT2D eigenvalue weighted by Crippen LogP contribution is -2.13. The Labute approximate surface area is 123 Å². The first-order valence-corrected chi connectivity index (χ1v) is 6.80. The number of hydrogen-bond donors (Lipinski definition) is 0. The third kappa shape index (κ3) is 4.35. The van der Waals surface area contributed by atoms with E-state index in [1.165, 1.54) is 11.3 Å². The van der Waals surface area contributed by atoms with Crippen molar-refractivity contribution in [2.75, 3.05) is 6.61 Å². The van der Waals surface area contributed by atoms with Crippen LogP contribution < -0.4 is 4.74 Å². The molecule has 0 atom stereocenters. The van der Waals surface area contributed by atoms with Gasteiger partial charge in [0.25, 0.3) is 0 Å². The molecule has 1 aromatic carbocycles. The van der Waals surface area contributed by atoms with Gasteiger partial charge in [0, 0.05) is 6.07 Å². The summed E-state index contributed by atoms with van der Waals surface area (Å²) >= 11 is 1.46. The van der Waals surface area contributed by atoms with Gasteiger partial charge in [-0.05, 0) is 30.5 Å².